The minimum Gasteiger partial charge on any atom is -0.497 e. The third-order valence-corrected chi connectivity index (χ3v) is 6.66. The monoisotopic (exact) mass is 392 g/mol. The second-order valence-corrected chi connectivity index (χ2v) is 8.24. The van der Waals surface area contributed by atoms with Gasteiger partial charge in [0.05, 0.1) is 12.0 Å². The Balaban J connectivity index is 1.72. The summed E-state index contributed by atoms with van der Waals surface area (Å²) in [6.07, 6.45) is 0. The van der Waals surface area contributed by atoms with Crippen LogP contribution in [0.1, 0.15) is 15.9 Å². The minimum absolute atomic E-state index is 0.189. The van der Waals surface area contributed by atoms with Gasteiger partial charge >= 0.3 is 0 Å². The summed E-state index contributed by atoms with van der Waals surface area (Å²) >= 11 is 0. The molecule has 0 radical (unpaired) electrons. The van der Waals surface area contributed by atoms with Gasteiger partial charge in [-0.3, -0.25) is 4.79 Å². The van der Waals surface area contributed by atoms with Crippen LogP contribution in [0.4, 0.5) is 4.39 Å². The molecule has 1 saturated heterocycles. The van der Waals surface area contributed by atoms with Crippen molar-refractivity contribution in [1.29, 1.82) is 0 Å². The van der Waals surface area contributed by atoms with Crippen molar-refractivity contribution in [2.24, 2.45) is 0 Å². The number of carbonyl (C=O) groups excluding carboxylic acids is 1. The molecule has 0 aliphatic carbocycles. The van der Waals surface area contributed by atoms with E-state index in [9.17, 15) is 17.6 Å². The van der Waals surface area contributed by atoms with Crippen LogP contribution in [0.5, 0.6) is 5.75 Å². The zero-order valence-corrected chi connectivity index (χ0v) is 16.0. The largest absolute Gasteiger partial charge is 0.497 e. The lowest BCUT2D eigenvalue weighted by atomic mass is 10.2. The number of amides is 1. The topological polar surface area (TPSA) is 66.9 Å². The zero-order chi connectivity index (χ0) is 19.6. The highest BCUT2D eigenvalue weighted by Crippen LogP contribution is 2.25. The van der Waals surface area contributed by atoms with Crippen LogP contribution < -0.4 is 4.74 Å². The van der Waals surface area contributed by atoms with Gasteiger partial charge in [0.1, 0.15) is 11.6 Å². The number of carbonyl (C=O) groups is 1. The van der Waals surface area contributed by atoms with Gasteiger partial charge in [-0.2, -0.15) is 4.31 Å². The van der Waals surface area contributed by atoms with Crippen LogP contribution in [0.2, 0.25) is 0 Å². The van der Waals surface area contributed by atoms with Gasteiger partial charge in [-0.1, -0.05) is 6.07 Å². The summed E-state index contributed by atoms with van der Waals surface area (Å²) in [6, 6.07) is 10.3. The minimum atomic E-state index is -3.66. The third-order valence-electron chi connectivity index (χ3n) is 4.60. The predicted molar refractivity (Wildman–Crippen MR) is 98.8 cm³/mol. The average molecular weight is 392 g/mol. The van der Waals surface area contributed by atoms with E-state index in [1.54, 1.807) is 30.0 Å². The Morgan fingerprint density at radius 2 is 1.78 bits per heavy atom. The van der Waals surface area contributed by atoms with Gasteiger partial charge in [0.25, 0.3) is 5.91 Å². The van der Waals surface area contributed by atoms with Gasteiger partial charge in [-0.15, -0.1) is 0 Å². The van der Waals surface area contributed by atoms with Crippen molar-refractivity contribution in [3.63, 3.8) is 0 Å². The maximum atomic E-state index is 13.3. The van der Waals surface area contributed by atoms with Crippen LogP contribution in [0.15, 0.2) is 47.4 Å². The van der Waals surface area contributed by atoms with E-state index in [-0.39, 0.29) is 42.5 Å². The summed E-state index contributed by atoms with van der Waals surface area (Å²) in [5.41, 5.74) is 0.866. The highest BCUT2D eigenvalue weighted by atomic mass is 32.2. The van der Waals surface area contributed by atoms with E-state index in [1.165, 1.54) is 35.7 Å². The molecule has 6 nitrogen and oxygen atoms in total. The van der Waals surface area contributed by atoms with Crippen LogP contribution in [-0.2, 0) is 10.0 Å². The molecule has 0 aromatic heterocycles. The number of benzene rings is 2. The molecule has 1 amide bonds. The summed E-state index contributed by atoms with van der Waals surface area (Å²) in [7, 11) is -2.13. The molecule has 2 aromatic carbocycles. The fourth-order valence-corrected chi connectivity index (χ4v) is 4.74. The Kier molecular flexibility index (Phi) is 5.48. The van der Waals surface area contributed by atoms with Gasteiger partial charge in [0.15, 0.2) is 0 Å². The molecule has 144 valence electrons. The molecule has 8 heteroatoms. The first-order valence-corrected chi connectivity index (χ1v) is 9.96. The molecular formula is C19H21FN2O4S. The number of halogens is 1. The molecule has 0 unspecified atom stereocenters. The molecule has 1 heterocycles. The summed E-state index contributed by atoms with van der Waals surface area (Å²) in [6.45, 7) is 2.61. The fraction of sp³-hybridized carbons (Fsp3) is 0.316. The van der Waals surface area contributed by atoms with Crippen molar-refractivity contribution in [2.45, 2.75) is 11.8 Å². The average Bonchev–Trinajstić information content (AvgIpc) is 2.67. The lowest BCUT2D eigenvalue weighted by molar-refractivity contribution is 0.0697. The maximum absolute atomic E-state index is 13.3. The fourth-order valence-electron chi connectivity index (χ4n) is 3.11. The number of rotatable bonds is 4. The van der Waals surface area contributed by atoms with Crippen molar-refractivity contribution in [3.05, 3.63) is 59.4 Å². The van der Waals surface area contributed by atoms with E-state index in [0.717, 1.165) is 0 Å². The van der Waals surface area contributed by atoms with Gasteiger partial charge < -0.3 is 9.64 Å². The number of hydrogen-bond donors (Lipinski definition) is 0. The van der Waals surface area contributed by atoms with Crippen LogP contribution in [-0.4, -0.2) is 56.8 Å². The number of hydrogen-bond acceptors (Lipinski definition) is 4. The Bertz CT molecular complexity index is 954. The summed E-state index contributed by atoms with van der Waals surface area (Å²) in [5.74, 6) is -0.179. The maximum Gasteiger partial charge on any atom is 0.254 e. The molecule has 0 spiro atoms. The first-order chi connectivity index (χ1) is 12.8. The van der Waals surface area contributed by atoms with Gasteiger partial charge in [0, 0.05) is 31.7 Å². The molecule has 0 N–H and O–H groups in total. The normalized spacial score (nSPS) is 15.6. The van der Waals surface area contributed by atoms with Crippen molar-refractivity contribution >= 4 is 15.9 Å². The molecule has 27 heavy (non-hydrogen) atoms. The van der Waals surface area contributed by atoms with E-state index in [1.807, 2.05) is 0 Å². The van der Waals surface area contributed by atoms with E-state index < -0.39 is 15.8 Å². The number of sulfonamides is 1. The van der Waals surface area contributed by atoms with E-state index in [4.69, 9.17) is 4.74 Å². The van der Waals surface area contributed by atoms with E-state index in [2.05, 4.69) is 0 Å². The molecule has 0 saturated carbocycles. The second-order valence-electron chi connectivity index (χ2n) is 6.34. The van der Waals surface area contributed by atoms with Gasteiger partial charge in [0.2, 0.25) is 10.0 Å². The summed E-state index contributed by atoms with van der Waals surface area (Å²) < 4.78 is 45.7. The van der Waals surface area contributed by atoms with Crippen molar-refractivity contribution in [1.82, 2.24) is 9.21 Å². The number of aryl methyl sites for hydroxylation is 1. The molecule has 1 aliphatic rings. The summed E-state index contributed by atoms with van der Waals surface area (Å²) in [4.78, 5) is 14.3. The third kappa shape index (κ3) is 3.96. The molecule has 1 fully saturated rings. The first-order valence-electron chi connectivity index (χ1n) is 8.52. The Labute approximate surface area is 158 Å². The Morgan fingerprint density at radius 1 is 1.07 bits per heavy atom. The lowest BCUT2D eigenvalue weighted by Gasteiger charge is -2.34. The lowest BCUT2D eigenvalue weighted by Crippen LogP contribution is -2.50. The van der Waals surface area contributed by atoms with Gasteiger partial charge in [-0.05, 0) is 48.9 Å². The van der Waals surface area contributed by atoms with Crippen LogP contribution >= 0.6 is 0 Å². The van der Waals surface area contributed by atoms with Gasteiger partial charge in [-0.25, -0.2) is 12.8 Å². The van der Waals surface area contributed by atoms with E-state index >= 15 is 0 Å². The van der Waals surface area contributed by atoms with Crippen LogP contribution in [0.3, 0.4) is 0 Å². The van der Waals surface area contributed by atoms with Crippen LogP contribution in [0, 0.1) is 12.7 Å². The SMILES string of the molecule is COc1ccc(S(=O)(=O)N2CCN(C(=O)c3cccc(F)c3)CC2)c(C)c1. The number of piperazine rings is 1. The highest BCUT2D eigenvalue weighted by Gasteiger charge is 2.31. The molecule has 0 bridgehead atoms. The Morgan fingerprint density at radius 3 is 2.37 bits per heavy atom. The smallest absolute Gasteiger partial charge is 0.254 e. The summed E-state index contributed by atoms with van der Waals surface area (Å²) in [5, 5.41) is 0. The molecule has 2 aromatic rings. The van der Waals surface area contributed by atoms with Crippen molar-refractivity contribution in [2.75, 3.05) is 33.3 Å². The number of ether oxygens (including phenoxy) is 1. The molecule has 1 aliphatic heterocycles. The standard InChI is InChI=1S/C19H21FN2O4S/c1-14-12-17(26-2)6-7-18(14)27(24,25)22-10-8-21(9-11-22)19(23)15-4-3-5-16(20)13-15/h3-7,12-13H,8-11H2,1-2H3. The zero-order valence-electron chi connectivity index (χ0n) is 15.2. The molecular weight excluding hydrogens is 371 g/mol. The second kappa shape index (κ2) is 7.66. The quantitative estimate of drug-likeness (QED) is 0.801. The number of nitrogens with zero attached hydrogens (tertiary/aromatic N) is 2. The predicted octanol–water partition coefficient (Wildman–Crippen LogP) is 2.29. The van der Waals surface area contributed by atoms with Crippen molar-refractivity contribution in [3.8, 4) is 5.75 Å². The van der Waals surface area contributed by atoms with E-state index in [0.29, 0.717) is 11.3 Å². The number of methoxy groups -OCH3 is 1. The highest BCUT2D eigenvalue weighted by molar-refractivity contribution is 7.89. The van der Waals surface area contributed by atoms with Crippen LogP contribution in [0.25, 0.3) is 0 Å². The molecule has 3 rings (SSSR count). The Hall–Kier alpha value is -2.45. The molecule has 0 atom stereocenters. The first kappa shape index (κ1) is 19.3. The van der Waals surface area contributed by atoms with Crippen molar-refractivity contribution < 1.29 is 22.3 Å².